The third kappa shape index (κ3) is 4.68. The first-order valence-corrected chi connectivity index (χ1v) is 11.1. The molecule has 0 bridgehead atoms. The summed E-state index contributed by atoms with van der Waals surface area (Å²) >= 11 is 5.21. The highest BCUT2D eigenvalue weighted by molar-refractivity contribution is 7.89. The molecule has 0 unspecified atom stereocenters. The van der Waals surface area contributed by atoms with Gasteiger partial charge in [-0.2, -0.15) is 5.10 Å². The molecule has 8 nitrogen and oxygen atoms in total. The van der Waals surface area contributed by atoms with Crippen molar-refractivity contribution in [2.24, 2.45) is 0 Å². The number of carbonyl (C=O) groups is 1. The summed E-state index contributed by atoms with van der Waals surface area (Å²) in [5, 5.41) is 9.67. The zero-order chi connectivity index (χ0) is 20.5. The second-order valence-corrected chi connectivity index (χ2v) is 9.29. The molecule has 1 fully saturated rings. The Hall–Kier alpha value is -2.04. The van der Waals surface area contributed by atoms with Gasteiger partial charge in [-0.3, -0.25) is 14.5 Å². The third-order valence-electron chi connectivity index (χ3n) is 4.65. The average Bonchev–Trinajstić information content (AvgIpc) is 3.34. The standard InChI is InChI=1S/C18H25N5O3S2/c1-11-8-12(2)17(13(3)9-11)28(25,26)20-7-6-16(24)19-10-15-21-22-18(27)23(15)14-4-5-14/h8-9,14,20H,4-7,10H2,1-3H3,(H,19,24)(H,22,27). The van der Waals surface area contributed by atoms with Crippen LogP contribution in [0.4, 0.5) is 0 Å². The van der Waals surface area contributed by atoms with Crippen molar-refractivity contribution in [2.45, 2.75) is 57.5 Å². The minimum Gasteiger partial charge on any atom is -0.349 e. The smallest absolute Gasteiger partial charge is 0.241 e. The number of amides is 1. The maximum Gasteiger partial charge on any atom is 0.241 e. The first kappa shape index (κ1) is 20.7. The zero-order valence-corrected chi connectivity index (χ0v) is 17.8. The molecule has 1 saturated carbocycles. The van der Waals surface area contributed by atoms with Crippen LogP contribution < -0.4 is 10.0 Å². The van der Waals surface area contributed by atoms with E-state index < -0.39 is 10.0 Å². The number of benzene rings is 1. The number of aryl methyl sites for hydroxylation is 3. The van der Waals surface area contributed by atoms with E-state index in [2.05, 4.69) is 20.2 Å². The number of aromatic nitrogens is 3. The van der Waals surface area contributed by atoms with Crippen LogP contribution in [-0.4, -0.2) is 35.6 Å². The van der Waals surface area contributed by atoms with Gasteiger partial charge in [0.15, 0.2) is 10.6 Å². The van der Waals surface area contributed by atoms with Crippen LogP contribution in [0.3, 0.4) is 0 Å². The van der Waals surface area contributed by atoms with Gasteiger partial charge in [0.1, 0.15) is 0 Å². The van der Waals surface area contributed by atoms with Crippen LogP contribution in [0.5, 0.6) is 0 Å². The number of carbonyl (C=O) groups excluding carboxylic acids is 1. The highest BCUT2D eigenvalue weighted by atomic mass is 32.2. The molecule has 28 heavy (non-hydrogen) atoms. The molecule has 0 radical (unpaired) electrons. The first-order chi connectivity index (χ1) is 13.2. The molecule has 152 valence electrons. The van der Waals surface area contributed by atoms with E-state index in [1.165, 1.54) is 0 Å². The lowest BCUT2D eigenvalue weighted by Crippen LogP contribution is -2.31. The minimum atomic E-state index is -3.67. The van der Waals surface area contributed by atoms with E-state index in [1.807, 2.05) is 23.6 Å². The number of H-pyrrole nitrogens is 1. The molecule has 1 aliphatic rings. The minimum absolute atomic E-state index is 0.0242. The van der Waals surface area contributed by atoms with Crippen LogP contribution >= 0.6 is 12.2 Å². The van der Waals surface area contributed by atoms with Crippen molar-refractivity contribution in [1.29, 1.82) is 0 Å². The van der Waals surface area contributed by atoms with E-state index in [-0.39, 0.29) is 30.3 Å². The van der Waals surface area contributed by atoms with Crippen LogP contribution in [0, 0.1) is 25.5 Å². The number of aromatic amines is 1. The molecule has 10 heteroatoms. The van der Waals surface area contributed by atoms with E-state index in [1.54, 1.807) is 13.8 Å². The largest absolute Gasteiger partial charge is 0.349 e. The highest BCUT2D eigenvalue weighted by Gasteiger charge is 2.27. The summed E-state index contributed by atoms with van der Waals surface area (Å²) in [6.45, 7) is 5.75. The van der Waals surface area contributed by atoms with Crippen molar-refractivity contribution in [1.82, 2.24) is 24.8 Å². The number of hydrogen-bond acceptors (Lipinski definition) is 5. The van der Waals surface area contributed by atoms with Crippen LogP contribution in [0.2, 0.25) is 0 Å². The molecule has 0 aliphatic heterocycles. The van der Waals surface area contributed by atoms with Crippen molar-refractivity contribution in [3.63, 3.8) is 0 Å². The number of nitrogens with zero attached hydrogens (tertiary/aromatic N) is 2. The van der Waals surface area contributed by atoms with Gasteiger partial charge in [-0.25, -0.2) is 13.1 Å². The number of nitrogens with one attached hydrogen (secondary N) is 3. The molecule has 3 N–H and O–H groups in total. The second-order valence-electron chi connectivity index (χ2n) is 7.20. The van der Waals surface area contributed by atoms with Crippen LogP contribution in [0.25, 0.3) is 0 Å². The second kappa shape index (κ2) is 8.14. The summed E-state index contributed by atoms with van der Waals surface area (Å²) < 4.78 is 30.2. The Morgan fingerprint density at radius 3 is 2.54 bits per heavy atom. The Bertz CT molecular complexity index is 1030. The fourth-order valence-electron chi connectivity index (χ4n) is 3.40. The molecule has 0 atom stereocenters. The van der Waals surface area contributed by atoms with Gasteiger partial charge >= 0.3 is 0 Å². The van der Waals surface area contributed by atoms with E-state index >= 15 is 0 Å². The Morgan fingerprint density at radius 2 is 1.93 bits per heavy atom. The Balaban J connectivity index is 1.53. The highest BCUT2D eigenvalue weighted by Crippen LogP contribution is 2.35. The van der Waals surface area contributed by atoms with Crippen molar-refractivity contribution in [3.8, 4) is 0 Å². The number of hydrogen-bond donors (Lipinski definition) is 3. The quantitative estimate of drug-likeness (QED) is 0.564. The lowest BCUT2D eigenvalue weighted by Gasteiger charge is -2.13. The van der Waals surface area contributed by atoms with Crippen LogP contribution in [-0.2, 0) is 21.4 Å². The number of rotatable bonds is 8. The summed E-state index contributed by atoms with van der Waals surface area (Å²) in [6.07, 6.45) is 2.17. The molecule has 1 amide bonds. The van der Waals surface area contributed by atoms with E-state index in [9.17, 15) is 13.2 Å². The molecule has 0 saturated heterocycles. The van der Waals surface area contributed by atoms with Crippen molar-refractivity contribution in [3.05, 3.63) is 39.4 Å². The van der Waals surface area contributed by atoms with E-state index in [0.717, 1.165) is 18.4 Å². The van der Waals surface area contributed by atoms with E-state index in [0.29, 0.717) is 27.8 Å². The van der Waals surface area contributed by atoms with Gasteiger partial charge in [-0.1, -0.05) is 17.7 Å². The van der Waals surface area contributed by atoms with Crippen LogP contribution in [0.1, 0.15) is 47.8 Å². The Morgan fingerprint density at radius 1 is 1.29 bits per heavy atom. The topological polar surface area (TPSA) is 109 Å². The first-order valence-electron chi connectivity index (χ1n) is 9.19. The molecule has 1 aromatic heterocycles. The summed E-state index contributed by atoms with van der Waals surface area (Å²) in [7, 11) is -3.67. The Kier molecular flexibility index (Phi) is 6.01. The summed E-state index contributed by atoms with van der Waals surface area (Å²) in [5.41, 5.74) is 2.40. The molecule has 2 aromatic rings. The molecular weight excluding hydrogens is 398 g/mol. The molecule has 0 spiro atoms. The summed E-state index contributed by atoms with van der Waals surface area (Å²) in [4.78, 5) is 12.4. The SMILES string of the molecule is Cc1cc(C)c(S(=O)(=O)NCCC(=O)NCc2n[nH]c(=S)n2C2CC2)c(C)c1. The molecule has 3 rings (SSSR count). The fourth-order valence-corrected chi connectivity index (χ4v) is 5.18. The molecular formula is C18H25N5O3S2. The maximum absolute atomic E-state index is 12.6. The normalized spacial score (nSPS) is 14.2. The molecule has 1 aliphatic carbocycles. The van der Waals surface area contributed by atoms with Gasteiger partial charge in [0.05, 0.1) is 11.4 Å². The van der Waals surface area contributed by atoms with Crippen molar-refractivity contribution >= 4 is 28.1 Å². The van der Waals surface area contributed by atoms with Crippen molar-refractivity contribution in [2.75, 3.05) is 6.54 Å². The monoisotopic (exact) mass is 423 g/mol. The van der Waals surface area contributed by atoms with Gasteiger partial charge < -0.3 is 5.32 Å². The third-order valence-corrected chi connectivity index (χ3v) is 6.70. The summed E-state index contributed by atoms with van der Waals surface area (Å²) in [5.74, 6) is 0.434. The lowest BCUT2D eigenvalue weighted by molar-refractivity contribution is -0.121. The molecule has 1 heterocycles. The van der Waals surface area contributed by atoms with Gasteiger partial charge in [0, 0.05) is 19.0 Å². The maximum atomic E-state index is 12.6. The predicted molar refractivity (Wildman–Crippen MR) is 108 cm³/mol. The average molecular weight is 424 g/mol. The van der Waals surface area contributed by atoms with Crippen molar-refractivity contribution < 1.29 is 13.2 Å². The lowest BCUT2D eigenvalue weighted by atomic mass is 10.1. The predicted octanol–water partition coefficient (Wildman–Crippen LogP) is 2.19. The van der Waals surface area contributed by atoms with Gasteiger partial charge in [-0.05, 0) is 57.0 Å². The van der Waals surface area contributed by atoms with E-state index in [4.69, 9.17) is 12.2 Å². The van der Waals surface area contributed by atoms with Crippen LogP contribution in [0.15, 0.2) is 17.0 Å². The van der Waals surface area contributed by atoms with Gasteiger partial charge in [0.25, 0.3) is 0 Å². The van der Waals surface area contributed by atoms with Gasteiger partial charge in [-0.15, -0.1) is 0 Å². The summed E-state index contributed by atoms with van der Waals surface area (Å²) in [6, 6.07) is 4.03. The fraction of sp³-hybridized carbons (Fsp3) is 0.500. The number of sulfonamides is 1. The van der Waals surface area contributed by atoms with Gasteiger partial charge in [0.2, 0.25) is 15.9 Å². The molecule has 1 aromatic carbocycles. The zero-order valence-electron chi connectivity index (χ0n) is 16.2. The Labute approximate surface area is 169 Å².